The summed E-state index contributed by atoms with van der Waals surface area (Å²) < 4.78 is 0. The molecule has 2 heteroatoms. The van der Waals surface area contributed by atoms with Crippen molar-refractivity contribution in [3.63, 3.8) is 0 Å². The third kappa shape index (κ3) is 2.86. The summed E-state index contributed by atoms with van der Waals surface area (Å²) in [6.07, 6.45) is 14.9. The first-order chi connectivity index (χ1) is 12.4. The highest BCUT2D eigenvalue weighted by atomic mass is 16.3. The van der Waals surface area contributed by atoms with Gasteiger partial charge in [-0.1, -0.05) is 33.3 Å². The maximum atomic E-state index is 11.8. The molecule has 4 aliphatic rings. The van der Waals surface area contributed by atoms with Crippen molar-refractivity contribution in [3.05, 3.63) is 12.3 Å². The maximum Gasteiger partial charge on any atom is 0.0851 e. The standard InChI is InChI=1S/C24H40O2/c1-16(7-8-17(2)25)20-11-12-22-19-10-9-18-6-4-5-14-23(18,3)21(19)13-15-24(20,22)26/h16,18-22,25-26H,2,4-15H2,1,3H3. The zero-order chi connectivity index (χ0) is 18.5. The second-order valence-corrected chi connectivity index (χ2v) is 10.7. The van der Waals surface area contributed by atoms with E-state index in [4.69, 9.17) is 0 Å². The third-order valence-corrected chi connectivity index (χ3v) is 9.68. The van der Waals surface area contributed by atoms with Crippen LogP contribution in [0.2, 0.25) is 0 Å². The smallest absolute Gasteiger partial charge is 0.0851 e. The fraction of sp³-hybridized carbons (Fsp3) is 0.917. The minimum absolute atomic E-state index is 0.297. The van der Waals surface area contributed by atoms with Gasteiger partial charge in [0.1, 0.15) is 0 Å². The van der Waals surface area contributed by atoms with Crippen molar-refractivity contribution >= 4 is 0 Å². The highest BCUT2D eigenvalue weighted by molar-refractivity contribution is 5.11. The lowest BCUT2D eigenvalue weighted by Gasteiger charge is -2.60. The van der Waals surface area contributed by atoms with Gasteiger partial charge in [-0.2, -0.15) is 0 Å². The molecule has 0 aliphatic heterocycles. The molecule has 0 amide bonds. The van der Waals surface area contributed by atoms with E-state index < -0.39 is 5.60 Å². The van der Waals surface area contributed by atoms with E-state index in [1.807, 2.05) is 0 Å². The van der Waals surface area contributed by atoms with Gasteiger partial charge in [-0.25, -0.2) is 0 Å². The summed E-state index contributed by atoms with van der Waals surface area (Å²) >= 11 is 0. The molecule has 148 valence electrons. The third-order valence-electron chi connectivity index (χ3n) is 9.68. The van der Waals surface area contributed by atoms with Crippen LogP contribution in [0.3, 0.4) is 0 Å². The first-order valence-electron chi connectivity index (χ1n) is 11.5. The van der Waals surface area contributed by atoms with Gasteiger partial charge >= 0.3 is 0 Å². The van der Waals surface area contributed by atoms with Crippen molar-refractivity contribution in [1.82, 2.24) is 0 Å². The van der Waals surface area contributed by atoms with Gasteiger partial charge in [0.15, 0.2) is 0 Å². The van der Waals surface area contributed by atoms with Gasteiger partial charge in [0, 0.05) is 6.42 Å². The lowest BCUT2D eigenvalue weighted by Crippen LogP contribution is -2.56. The Hall–Kier alpha value is -0.500. The van der Waals surface area contributed by atoms with E-state index in [-0.39, 0.29) is 0 Å². The number of allylic oxidation sites excluding steroid dienone is 1. The summed E-state index contributed by atoms with van der Waals surface area (Å²) in [5.41, 5.74) is 0.121. The Kier molecular flexibility index (Phi) is 4.95. The molecule has 0 radical (unpaired) electrons. The Bertz CT molecular complexity index is 542. The van der Waals surface area contributed by atoms with Crippen molar-refractivity contribution in [2.45, 2.75) is 96.5 Å². The molecule has 2 nitrogen and oxygen atoms in total. The molecule has 0 aromatic rings. The Labute approximate surface area is 160 Å². The monoisotopic (exact) mass is 360 g/mol. The molecule has 0 bridgehead atoms. The number of fused-ring (bicyclic) bond motifs is 5. The lowest BCUT2D eigenvalue weighted by atomic mass is 9.46. The molecule has 0 aromatic carbocycles. The van der Waals surface area contributed by atoms with E-state index >= 15 is 0 Å². The van der Waals surface area contributed by atoms with Crippen molar-refractivity contribution in [2.75, 3.05) is 0 Å². The Morgan fingerprint density at radius 2 is 1.85 bits per heavy atom. The minimum atomic E-state index is -0.435. The molecule has 2 N–H and O–H groups in total. The van der Waals surface area contributed by atoms with Gasteiger partial charge in [-0.3, -0.25) is 0 Å². The predicted molar refractivity (Wildman–Crippen MR) is 107 cm³/mol. The Morgan fingerprint density at radius 1 is 1.04 bits per heavy atom. The molecule has 0 aromatic heterocycles. The van der Waals surface area contributed by atoms with Crippen molar-refractivity contribution in [2.24, 2.45) is 40.9 Å². The largest absolute Gasteiger partial charge is 0.513 e. The van der Waals surface area contributed by atoms with Crippen LogP contribution in [0.5, 0.6) is 0 Å². The molecule has 4 saturated carbocycles. The van der Waals surface area contributed by atoms with Crippen LogP contribution in [0, 0.1) is 40.9 Å². The first-order valence-corrected chi connectivity index (χ1v) is 11.5. The van der Waals surface area contributed by atoms with Crippen molar-refractivity contribution in [1.29, 1.82) is 0 Å². The Morgan fingerprint density at radius 3 is 2.62 bits per heavy atom. The minimum Gasteiger partial charge on any atom is -0.513 e. The highest BCUT2D eigenvalue weighted by Crippen LogP contribution is 2.65. The molecule has 0 heterocycles. The van der Waals surface area contributed by atoms with Crippen LogP contribution < -0.4 is 0 Å². The van der Waals surface area contributed by atoms with Gasteiger partial charge in [-0.15, -0.1) is 0 Å². The van der Waals surface area contributed by atoms with E-state index in [9.17, 15) is 10.2 Å². The molecule has 4 aliphatic carbocycles. The molecule has 4 rings (SSSR count). The summed E-state index contributed by atoms with van der Waals surface area (Å²) in [6.45, 7) is 8.55. The summed E-state index contributed by atoms with van der Waals surface area (Å²) in [5.74, 6) is 4.31. The summed E-state index contributed by atoms with van der Waals surface area (Å²) in [6, 6.07) is 0. The number of aliphatic hydroxyl groups is 2. The fourth-order valence-corrected chi connectivity index (χ4v) is 8.35. The van der Waals surface area contributed by atoms with Gasteiger partial charge in [0.2, 0.25) is 0 Å². The molecule has 8 unspecified atom stereocenters. The number of hydrogen-bond donors (Lipinski definition) is 2. The second-order valence-electron chi connectivity index (χ2n) is 10.7. The fourth-order valence-electron chi connectivity index (χ4n) is 8.35. The van der Waals surface area contributed by atoms with Gasteiger partial charge in [0.25, 0.3) is 0 Å². The average molecular weight is 361 g/mol. The van der Waals surface area contributed by atoms with Crippen molar-refractivity contribution in [3.8, 4) is 0 Å². The van der Waals surface area contributed by atoms with Crippen LogP contribution in [-0.2, 0) is 0 Å². The summed E-state index contributed by atoms with van der Waals surface area (Å²) in [5, 5.41) is 21.3. The molecule has 8 atom stereocenters. The predicted octanol–water partition coefficient (Wildman–Crippen LogP) is 6.25. The van der Waals surface area contributed by atoms with Gasteiger partial charge in [-0.05, 0) is 98.7 Å². The molecular weight excluding hydrogens is 320 g/mol. The van der Waals surface area contributed by atoms with E-state index in [0.29, 0.717) is 35.3 Å². The van der Waals surface area contributed by atoms with Crippen LogP contribution in [-0.4, -0.2) is 15.8 Å². The van der Waals surface area contributed by atoms with Crippen LogP contribution in [0.25, 0.3) is 0 Å². The number of aliphatic hydroxyl groups excluding tert-OH is 1. The van der Waals surface area contributed by atoms with E-state index in [0.717, 1.165) is 30.6 Å². The normalized spacial score (nSPS) is 49.0. The van der Waals surface area contributed by atoms with Crippen molar-refractivity contribution < 1.29 is 10.2 Å². The van der Waals surface area contributed by atoms with E-state index in [1.165, 1.54) is 57.8 Å². The van der Waals surface area contributed by atoms with E-state index in [1.54, 1.807) is 0 Å². The average Bonchev–Trinajstić information content (AvgIpc) is 2.96. The number of hydrogen-bond acceptors (Lipinski definition) is 2. The first kappa shape index (κ1) is 18.8. The lowest BCUT2D eigenvalue weighted by molar-refractivity contribution is -0.160. The molecule has 4 fully saturated rings. The highest BCUT2D eigenvalue weighted by Gasteiger charge is 2.61. The van der Waals surface area contributed by atoms with Crippen LogP contribution in [0.4, 0.5) is 0 Å². The zero-order valence-electron chi connectivity index (χ0n) is 17.1. The van der Waals surface area contributed by atoms with Crippen LogP contribution in [0.1, 0.15) is 90.9 Å². The summed E-state index contributed by atoms with van der Waals surface area (Å²) in [7, 11) is 0. The SMILES string of the molecule is C=C(O)CCC(C)C1CCC2C3CCC4CCCCC4(C)C3CCC12O. The van der Waals surface area contributed by atoms with Gasteiger partial charge < -0.3 is 10.2 Å². The second kappa shape index (κ2) is 6.83. The van der Waals surface area contributed by atoms with Crippen LogP contribution >= 0.6 is 0 Å². The Balaban J connectivity index is 1.52. The van der Waals surface area contributed by atoms with Crippen LogP contribution in [0.15, 0.2) is 12.3 Å². The quantitative estimate of drug-likeness (QED) is 0.582. The molecule has 0 saturated heterocycles. The topological polar surface area (TPSA) is 40.5 Å². The van der Waals surface area contributed by atoms with E-state index in [2.05, 4.69) is 20.4 Å². The molecule has 0 spiro atoms. The maximum absolute atomic E-state index is 11.8. The summed E-state index contributed by atoms with van der Waals surface area (Å²) in [4.78, 5) is 0. The van der Waals surface area contributed by atoms with Gasteiger partial charge in [0.05, 0.1) is 11.4 Å². The number of rotatable bonds is 4. The zero-order valence-corrected chi connectivity index (χ0v) is 17.1. The molecular formula is C24H40O2. The molecule has 26 heavy (non-hydrogen) atoms.